The molecule has 0 aliphatic carbocycles. The molecule has 94 valence electrons. The second-order valence-corrected chi connectivity index (χ2v) is 5.80. The smallest absolute Gasteiger partial charge is 0.285 e. The lowest BCUT2D eigenvalue weighted by Crippen LogP contribution is -2.36. The molecule has 0 amide bonds. The van der Waals surface area contributed by atoms with Crippen LogP contribution in [0.2, 0.25) is 5.02 Å². The molecule has 2 rings (SSSR count). The first-order valence-corrected chi connectivity index (χ1v) is 6.86. The predicted molar refractivity (Wildman–Crippen MR) is 66.0 cm³/mol. The zero-order chi connectivity index (χ0) is 12.3. The SMILES string of the molecule is O=c1[nH]ncc(NCC2COCCS2=O)c1Cl. The van der Waals surface area contributed by atoms with Gasteiger partial charge in [0.15, 0.2) is 0 Å². The van der Waals surface area contributed by atoms with Gasteiger partial charge in [-0.3, -0.25) is 9.00 Å². The summed E-state index contributed by atoms with van der Waals surface area (Å²) in [7, 11) is -0.901. The molecule has 0 bridgehead atoms. The fraction of sp³-hybridized carbons (Fsp3) is 0.556. The van der Waals surface area contributed by atoms with E-state index < -0.39 is 16.4 Å². The van der Waals surface area contributed by atoms with Crippen LogP contribution in [0.25, 0.3) is 0 Å². The number of H-pyrrole nitrogens is 1. The van der Waals surface area contributed by atoms with E-state index in [2.05, 4.69) is 15.5 Å². The molecule has 6 nitrogen and oxygen atoms in total. The quantitative estimate of drug-likeness (QED) is 0.811. The van der Waals surface area contributed by atoms with Gasteiger partial charge in [-0.2, -0.15) is 5.10 Å². The number of anilines is 1. The summed E-state index contributed by atoms with van der Waals surface area (Å²) in [6, 6.07) is 0. The van der Waals surface area contributed by atoms with Crippen LogP contribution >= 0.6 is 11.6 Å². The molecule has 1 aliphatic rings. The van der Waals surface area contributed by atoms with Gasteiger partial charge in [0.2, 0.25) is 0 Å². The molecule has 1 aromatic rings. The zero-order valence-electron chi connectivity index (χ0n) is 8.94. The Morgan fingerprint density at radius 1 is 1.71 bits per heavy atom. The summed E-state index contributed by atoms with van der Waals surface area (Å²) in [6.45, 7) is 1.43. The van der Waals surface area contributed by atoms with Crippen molar-refractivity contribution < 1.29 is 8.95 Å². The first kappa shape index (κ1) is 12.5. The van der Waals surface area contributed by atoms with Gasteiger partial charge in [-0.1, -0.05) is 11.6 Å². The zero-order valence-corrected chi connectivity index (χ0v) is 10.5. The first-order chi connectivity index (χ1) is 8.18. The lowest BCUT2D eigenvalue weighted by molar-refractivity contribution is 0.142. The van der Waals surface area contributed by atoms with Gasteiger partial charge >= 0.3 is 0 Å². The summed E-state index contributed by atoms with van der Waals surface area (Å²) in [5.74, 6) is 0.549. The minimum Gasteiger partial charge on any atom is -0.381 e. The number of halogens is 1. The second-order valence-electron chi connectivity index (χ2n) is 3.59. The Labute approximate surface area is 105 Å². The monoisotopic (exact) mass is 277 g/mol. The van der Waals surface area contributed by atoms with Crippen molar-refractivity contribution in [1.29, 1.82) is 0 Å². The number of ether oxygens (including phenoxy) is 1. The molecule has 2 heterocycles. The molecule has 1 aromatic heterocycles. The van der Waals surface area contributed by atoms with Crippen LogP contribution in [0.1, 0.15) is 0 Å². The number of hydrogen-bond donors (Lipinski definition) is 2. The minimum atomic E-state index is -0.901. The van der Waals surface area contributed by atoms with Gasteiger partial charge in [-0.25, -0.2) is 5.10 Å². The molecule has 2 N–H and O–H groups in total. The standard InChI is InChI=1S/C9H12ClN3O3S/c10-8-7(4-12-13-9(8)14)11-3-6-5-16-1-2-17(6)15/h4,6H,1-3,5H2,(H2,11,13,14). The molecule has 0 aromatic carbocycles. The van der Waals surface area contributed by atoms with Gasteiger partial charge in [0.05, 0.1) is 30.3 Å². The van der Waals surface area contributed by atoms with Crippen LogP contribution in [-0.2, 0) is 15.5 Å². The number of aromatic amines is 1. The van der Waals surface area contributed by atoms with E-state index in [1.54, 1.807) is 0 Å². The van der Waals surface area contributed by atoms with Gasteiger partial charge in [0.25, 0.3) is 5.56 Å². The van der Waals surface area contributed by atoms with Gasteiger partial charge < -0.3 is 10.1 Å². The van der Waals surface area contributed by atoms with E-state index in [1.165, 1.54) is 6.20 Å². The summed E-state index contributed by atoms with van der Waals surface area (Å²) in [5.41, 5.74) is -0.00401. The third-order valence-corrected chi connectivity index (χ3v) is 4.41. The van der Waals surface area contributed by atoms with Crippen LogP contribution in [0.3, 0.4) is 0 Å². The van der Waals surface area contributed by atoms with E-state index in [1.807, 2.05) is 0 Å². The number of aromatic nitrogens is 2. The normalized spacial score (nSPS) is 24.5. The Hall–Kier alpha value is -0.920. The van der Waals surface area contributed by atoms with Crippen molar-refractivity contribution >= 4 is 28.1 Å². The van der Waals surface area contributed by atoms with E-state index in [4.69, 9.17) is 16.3 Å². The summed E-state index contributed by atoms with van der Waals surface area (Å²) >= 11 is 5.79. The summed E-state index contributed by atoms with van der Waals surface area (Å²) in [6.07, 6.45) is 1.43. The van der Waals surface area contributed by atoms with Crippen molar-refractivity contribution in [1.82, 2.24) is 10.2 Å². The van der Waals surface area contributed by atoms with Crippen molar-refractivity contribution in [2.75, 3.05) is 30.8 Å². The molecule has 0 radical (unpaired) electrons. The Balaban J connectivity index is 2.00. The van der Waals surface area contributed by atoms with Gasteiger partial charge in [0.1, 0.15) is 5.02 Å². The summed E-state index contributed by atoms with van der Waals surface area (Å²) < 4.78 is 16.9. The van der Waals surface area contributed by atoms with Crippen molar-refractivity contribution in [3.05, 3.63) is 21.6 Å². The first-order valence-electron chi connectivity index (χ1n) is 5.10. The maximum atomic E-state index is 11.6. The molecular weight excluding hydrogens is 266 g/mol. The maximum Gasteiger partial charge on any atom is 0.285 e. The average Bonchev–Trinajstić information content (AvgIpc) is 2.33. The second kappa shape index (κ2) is 5.61. The van der Waals surface area contributed by atoms with E-state index in [0.717, 1.165) is 0 Å². The molecule has 1 fully saturated rings. The average molecular weight is 278 g/mol. The Kier molecular flexibility index (Phi) is 4.14. The topological polar surface area (TPSA) is 84.1 Å². The van der Waals surface area contributed by atoms with Crippen LogP contribution in [0.5, 0.6) is 0 Å². The Bertz CT molecular complexity index is 479. The molecular formula is C9H12ClN3O3S. The van der Waals surface area contributed by atoms with Crippen LogP contribution in [0, 0.1) is 0 Å². The van der Waals surface area contributed by atoms with Gasteiger partial charge in [-0.05, 0) is 0 Å². The van der Waals surface area contributed by atoms with Gasteiger partial charge in [0, 0.05) is 23.1 Å². The highest BCUT2D eigenvalue weighted by atomic mass is 35.5. The highest BCUT2D eigenvalue weighted by Gasteiger charge is 2.21. The molecule has 17 heavy (non-hydrogen) atoms. The molecule has 0 saturated carbocycles. The summed E-state index contributed by atoms with van der Waals surface area (Å²) in [4.78, 5) is 11.2. The third-order valence-electron chi connectivity index (χ3n) is 2.42. The highest BCUT2D eigenvalue weighted by Crippen LogP contribution is 2.15. The van der Waals surface area contributed by atoms with Crippen molar-refractivity contribution in [3.63, 3.8) is 0 Å². The van der Waals surface area contributed by atoms with E-state index in [9.17, 15) is 9.00 Å². The van der Waals surface area contributed by atoms with Crippen molar-refractivity contribution in [2.24, 2.45) is 0 Å². The molecule has 1 saturated heterocycles. The fourth-order valence-corrected chi connectivity index (χ4v) is 2.77. The van der Waals surface area contributed by atoms with E-state index in [0.29, 0.717) is 31.2 Å². The molecule has 8 heteroatoms. The number of rotatable bonds is 3. The van der Waals surface area contributed by atoms with E-state index in [-0.39, 0.29) is 10.3 Å². The fourth-order valence-electron chi connectivity index (χ4n) is 1.48. The largest absolute Gasteiger partial charge is 0.381 e. The lowest BCUT2D eigenvalue weighted by atomic mass is 10.4. The third kappa shape index (κ3) is 3.05. The molecule has 0 spiro atoms. The van der Waals surface area contributed by atoms with Crippen molar-refractivity contribution in [2.45, 2.75) is 5.25 Å². The molecule has 2 unspecified atom stereocenters. The van der Waals surface area contributed by atoms with Crippen LogP contribution in [-0.4, -0.2) is 45.2 Å². The number of hydrogen-bond acceptors (Lipinski definition) is 5. The minimum absolute atomic E-state index is 0.0579. The Morgan fingerprint density at radius 2 is 2.53 bits per heavy atom. The molecule has 1 aliphatic heterocycles. The number of nitrogens with one attached hydrogen (secondary N) is 2. The molecule has 2 atom stereocenters. The predicted octanol–water partition coefficient (Wildman–Crippen LogP) is -0.0173. The summed E-state index contributed by atoms with van der Waals surface area (Å²) in [5, 5.41) is 8.80. The van der Waals surface area contributed by atoms with Crippen LogP contribution in [0.4, 0.5) is 5.69 Å². The van der Waals surface area contributed by atoms with Crippen LogP contribution < -0.4 is 10.9 Å². The Morgan fingerprint density at radius 3 is 3.29 bits per heavy atom. The van der Waals surface area contributed by atoms with Crippen LogP contribution in [0.15, 0.2) is 11.0 Å². The van der Waals surface area contributed by atoms with Crippen molar-refractivity contribution in [3.8, 4) is 0 Å². The number of nitrogens with zero attached hydrogens (tertiary/aromatic N) is 1. The highest BCUT2D eigenvalue weighted by molar-refractivity contribution is 7.85. The lowest BCUT2D eigenvalue weighted by Gasteiger charge is -2.22. The van der Waals surface area contributed by atoms with Gasteiger partial charge in [-0.15, -0.1) is 0 Å². The maximum absolute atomic E-state index is 11.6. The van der Waals surface area contributed by atoms with E-state index >= 15 is 0 Å².